The maximum Gasteiger partial charge on any atom is 0.270 e. The van der Waals surface area contributed by atoms with E-state index >= 15 is 0 Å². The zero-order valence-electron chi connectivity index (χ0n) is 16.8. The van der Waals surface area contributed by atoms with E-state index in [-0.39, 0.29) is 10.7 Å². The molecule has 0 aliphatic carbocycles. The summed E-state index contributed by atoms with van der Waals surface area (Å²) in [5, 5.41) is 2.69. The Morgan fingerprint density at radius 3 is 2.31 bits per heavy atom. The summed E-state index contributed by atoms with van der Waals surface area (Å²) in [6.45, 7) is 6.85. The summed E-state index contributed by atoms with van der Waals surface area (Å²) in [7, 11) is 0. The molecule has 1 heterocycles. The molecule has 2 amide bonds. The number of aryl methyl sites for hydroxylation is 1. The van der Waals surface area contributed by atoms with Crippen LogP contribution >= 0.6 is 12.2 Å². The number of hydrogen-bond acceptors (Lipinski definition) is 4. The zero-order valence-corrected chi connectivity index (χ0v) is 17.6. The first-order chi connectivity index (χ1) is 13.9. The first kappa shape index (κ1) is 20.7. The van der Waals surface area contributed by atoms with Crippen LogP contribution in [-0.4, -0.2) is 23.5 Å². The van der Waals surface area contributed by atoms with Crippen LogP contribution in [0.4, 0.5) is 5.69 Å². The summed E-state index contributed by atoms with van der Waals surface area (Å²) in [6.07, 6.45) is 2.47. The number of rotatable bonds is 6. The molecule has 0 radical (unpaired) electrons. The molecule has 1 fully saturated rings. The van der Waals surface area contributed by atoms with Gasteiger partial charge >= 0.3 is 0 Å². The third-order valence-electron chi connectivity index (χ3n) is 4.48. The number of ether oxygens (including phenoxy) is 1. The molecule has 0 aromatic heterocycles. The molecular formula is C23H24N2O3S. The number of carbonyl (C=O) groups excluding carboxylic acids is 2. The van der Waals surface area contributed by atoms with Crippen LogP contribution < -0.4 is 15.0 Å². The van der Waals surface area contributed by atoms with Gasteiger partial charge in [-0.3, -0.25) is 19.8 Å². The van der Waals surface area contributed by atoms with Gasteiger partial charge in [-0.15, -0.1) is 0 Å². The van der Waals surface area contributed by atoms with Gasteiger partial charge in [0.15, 0.2) is 5.11 Å². The monoisotopic (exact) mass is 408 g/mol. The Bertz CT molecular complexity index is 947. The van der Waals surface area contributed by atoms with Crippen molar-refractivity contribution >= 4 is 40.9 Å². The van der Waals surface area contributed by atoms with E-state index in [4.69, 9.17) is 17.0 Å². The lowest BCUT2D eigenvalue weighted by atomic mass is 10.1. The summed E-state index contributed by atoms with van der Waals surface area (Å²) < 4.78 is 5.67. The van der Waals surface area contributed by atoms with E-state index in [1.807, 2.05) is 48.5 Å². The van der Waals surface area contributed by atoms with Crippen LogP contribution in [0, 0.1) is 5.92 Å². The predicted octanol–water partition coefficient (Wildman–Crippen LogP) is 4.12. The van der Waals surface area contributed by atoms with Crippen LogP contribution in [0.1, 0.15) is 31.9 Å². The summed E-state index contributed by atoms with van der Waals surface area (Å²) >= 11 is 5.24. The Morgan fingerprint density at radius 2 is 1.72 bits per heavy atom. The van der Waals surface area contributed by atoms with E-state index in [9.17, 15) is 9.59 Å². The van der Waals surface area contributed by atoms with Gasteiger partial charge in [-0.25, -0.2) is 0 Å². The van der Waals surface area contributed by atoms with Gasteiger partial charge in [-0.05, 0) is 66.0 Å². The van der Waals surface area contributed by atoms with Crippen molar-refractivity contribution < 1.29 is 14.3 Å². The van der Waals surface area contributed by atoms with Crippen LogP contribution in [0.3, 0.4) is 0 Å². The second-order valence-electron chi connectivity index (χ2n) is 7.25. The Hall–Kier alpha value is -2.99. The molecule has 3 rings (SSSR count). The molecule has 29 heavy (non-hydrogen) atoms. The summed E-state index contributed by atoms with van der Waals surface area (Å²) in [5.74, 6) is 0.241. The molecule has 150 valence electrons. The lowest BCUT2D eigenvalue weighted by Crippen LogP contribution is -2.54. The fourth-order valence-corrected chi connectivity index (χ4v) is 3.14. The van der Waals surface area contributed by atoms with Crippen molar-refractivity contribution in [2.45, 2.75) is 27.2 Å². The van der Waals surface area contributed by atoms with Crippen LogP contribution in [0.2, 0.25) is 0 Å². The van der Waals surface area contributed by atoms with Gasteiger partial charge in [-0.1, -0.05) is 45.0 Å². The largest absolute Gasteiger partial charge is 0.493 e. The highest BCUT2D eigenvalue weighted by Crippen LogP contribution is 2.23. The van der Waals surface area contributed by atoms with Crippen molar-refractivity contribution in [1.29, 1.82) is 0 Å². The lowest BCUT2D eigenvalue weighted by molar-refractivity contribution is -0.122. The van der Waals surface area contributed by atoms with Crippen molar-refractivity contribution in [2.24, 2.45) is 5.92 Å². The Kier molecular flexibility index (Phi) is 6.44. The molecule has 1 aliphatic heterocycles. The molecule has 6 heteroatoms. The SMILES string of the molecule is CCc1ccc(N2C(=O)/C(=C/c3ccc(OCC(C)C)cc3)C(=O)NC2=S)cc1. The molecule has 0 saturated carbocycles. The summed E-state index contributed by atoms with van der Waals surface area (Å²) in [5.41, 5.74) is 2.55. The highest BCUT2D eigenvalue weighted by molar-refractivity contribution is 7.80. The van der Waals surface area contributed by atoms with Crippen molar-refractivity contribution in [1.82, 2.24) is 5.32 Å². The third kappa shape index (κ3) is 4.90. The fourth-order valence-electron chi connectivity index (χ4n) is 2.86. The number of benzene rings is 2. The molecule has 2 aromatic carbocycles. The van der Waals surface area contributed by atoms with Gasteiger partial charge in [0, 0.05) is 0 Å². The van der Waals surface area contributed by atoms with Gasteiger partial charge in [0.25, 0.3) is 11.8 Å². The fraction of sp³-hybridized carbons (Fsp3) is 0.261. The second-order valence-corrected chi connectivity index (χ2v) is 7.64. The number of amides is 2. The maximum absolute atomic E-state index is 13.0. The minimum Gasteiger partial charge on any atom is -0.493 e. The summed E-state index contributed by atoms with van der Waals surface area (Å²) in [4.78, 5) is 26.8. The highest BCUT2D eigenvalue weighted by Gasteiger charge is 2.34. The molecule has 2 aromatic rings. The van der Waals surface area contributed by atoms with Gasteiger partial charge in [0.05, 0.1) is 12.3 Å². The number of nitrogens with zero attached hydrogens (tertiary/aromatic N) is 1. The normalized spacial score (nSPS) is 15.8. The molecule has 1 N–H and O–H groups in total. The van der Waals surface area contributed by atoms with Gasteiger partial charge < -0.3 is 4.74 Å². The number of anilines is 1. The number of thiocarbonyl (C=S) groups is 1. The van der Waals surface area contributed by atoms with Gasteiger partial charge in [0.2, 0.25) is 0 Å². The molecular weight excluding hydrogens is 384 g/mol. The average molecular weight is 409 g/mol. The van der Waals surface area contributed by atoms with Crippen molar-refractivity contribution in [3.8, 4) is 5.75 Å². The first-order valence-corrected chi connectivity index (χ1v) is 10.0. The minimum absolute atomic E-state index is 0.0361. The third-order valence-corrected chi connectivity index (χ3v) is 4.76. The standard InChI is InChI=1S/C23H24N2O3S/c1-4-16-5-9-18(10-6-16)25-22(27)20(21(26)24-23(25)29)13-17-7-11-19(12-8-17)28-14-15(2)3/h5-13,15H,4,14H2,1-3H3,(H,24,26,29)/b20-13+. The Labute approximate surface area is 176 Å². The summed E-state index contributed by atoms with van der Waals surface area (Å²) in [6, 6.07) is 14.8. The van der Waals surface area contributed by atoms with Crippen LogP contribution in [0.15, 0.2) is 54.1 Å². The van der Waals surface area contributed by atoms with Crippen LogP contribution in [-0.2, 0) is 16.0 Å². The van der Waals surface area contributed by atoms with E-state index in [1.54, 1.807) is 6.08 Å². The minimum atomic E-state index is -0.499. The van der Waals surface area contributed by atoms with Crippen molar-refractivity contribution in [2.75, 3.05) is 11.5 Å². The Balaban J connectivity index is 1.84. The molecule has 1 aliphatic rings. The van der Waals surface area contributed by atoms with Crippen molar-refractivity contribution in [3.05, 3.63) is 65.2 Å². The smallest absolute Gasteiger partial charge is 0.270 e. The number of nitrogens with one attached hydrogen (secondary N) is 1. The zero-order chi connectivity index (χ0) is 21.0. The molecule has 0 bridgehead atoms. The van der Waals surface area contributed by atoms with E-state index in [1.165, 1.54) is 4.90 Å². The maximum atomic E-state index is 13.0. The van der Waals surface area contributed by atoms with Crippen molar-refractivity contribution in [3.63, 3.8) is 0 Å². The average Bonchev–Trinajstić information content (AvgIpc) is 2.71. The lowest BCUT2D eigenvalue weighted by Gasteiger charge is -2.29. The van der Waals surface area contributed by atoms with Gasteiger partial charge in [-0.2, -0.15) is 0 Å². The van der Waals surface area contributed by atoms with E-state index in [0.29, 0.717) is 18.2 Å². The molecule has 0 atom stereocenters. The van der Waals surface area contributed by atoms with E-state index in [0.717, 1.165) is 23.3 Å². The van der Waals surface area contributed by atoms with E-state index < -0.39 is 11.8 Å². The molecule has 0 unspecified atom stereocenters. The quantitative estimate of drug-likeness (QED) is 0.444. The predicted molar refractivity (Wildman–Crippen MR) is 119 cm³/mol. The topological polar surface area (TPSA) is 58.6 Å². The second kappa shape index (κ2) is 9.01. The Morgan fingerprint density at radius 1 is 1.07 bits per heavy atom. The first-order valence-electron chi connectivity index (χ1n) is 9.62. The molecule has 5 nitrogen and oxygen atoms in total. The molecule has 1 saturated heterocycles. The van der Waals surface area contributed by atoms with E-state index in [2.05, 4.69) is 26.1 Å². The van der Waals surface area contributed by atoms with Gasteiger partial charge in [0.1, 0.15) is 11.3 Å². The highest BCUT2D eigenvalue weighted by atomic mass is 32.1. The van der Waals surface area contributed by atoms with Crippen LogP contribution in [0.5, 0.6) is 5.75 Å². The number of hydrogen-bond donors (Lipinski definition) is 1. The number of carbonyl (C=O) groups is 2. The van der Waals surface area contributed by atoms with Crippen LogP contribution in [0.25, 0.3) is 6.08 Å². The molecule has 0 spiro atoms.